The number of nitrogens with one attached hydrogen (secondary N) is 1. The molecule has 19 heavy (non-hydrogen) atoms. The monoisotopic (exact) mass is 262 g/mol. The molecule has 4 rings (SSSR count). The van der Waals surface area contributed by atoms with Gasteiger partial charge in [-0.3, -0.25) is 4.90 Å². The molecule has 1 saturated heterocycles. The Labute approximate surface area is 118 Å². The van der Waals surface area contributed by atoms with Crippen LogP contribution in [-0.2, 0) is 0 Å². The fraction of sp³-hybridized carbons (Fsp3) is 1.00. The highest BCUT2D eigenvalue weighted by Gasteiger charge is 2.43. The van der Waals surface area contributed by atoms with Crippen LogP contribution in [0, 0.1) is 11.8 Å². The van der Waals surface area contributed by atoms with Gasteiger partial charge in [0, 0.05) is 18.1 Å². The van der Waals surface area contributed by atoms with E-state index in [4.69, 9.17) is 0 Å². The van der Waals surface area contributed by atoms with Crippen molar-refractivity contribution in [3.63, 3.8) is 0 Å². The van der Waals surface area contributed by atoms with Crippen molar-refractivity contribution >= 4 is 0 Å². The van der Waals surface area contributed by atoms with Gasteiger partial charge in [0.05, 0.1) is 0 Å². The smallest absolute Gasteiger partial charge is 0.0139 e. The van der Waals surface area contributed by atoms with Crippen LogP contribution in [0.25, 0.3) is 0 Å². The van der Waals surface area contributed by atoms with Gasteiger partial charge in [-0.25, -0.2) is 0 Å². The molecule has 0 aromatic rings. The average molecular weight is 262 g/mol. The minimum absolute atomic E-state index is 0.894. The van der Waals surface area contributed by atoms with Gasteiger partial charge in [-0.2, -0.15) is 0 Å². The van der Waals surface area contributed by atoms with Crippen molar-refractivity contribution in [2.45, 2.75) is 82.3 Å². The minimum Gasteiger partial charge on any atom is -0.314 e. The van der Waals surface area contributed by atoms with Gasteiger partial charge in [0.1, 0.15) is 0 Å². The maximum atomic E-state index is 3.77. The molecule has 3 atom stereocenters. The number of nitrogens with zero attached hydrogens (tertiary/aromatic N) is 1. The van der Waals surface area contributed by atoms with Crippen molar-refractivity contribution in [3.8, 4) is 0 Å². The second-order valence-corrected chi connectivity index (χ2v) is 7.58. The summed E-state index contributed by atoms with van der Waals surface area (Å²) in [4.78, 5) is 2.96. The highest BCUT2D eigenvalue weighted by atomic mass is 15.2. The summed E-state index contributed by atoms with van der Waals surface area (Å²) < 4.78 is 0. The molecule has 1 aliphatic heterocycles. The van der Waals surface area contributed by atoms with E-state index in [0.717, 1.165) is 30.0 Å². The lowest BCUT2D eigenvalue weighted by Crippen LogP contribution is -2.53. The predicted molar refractivity (Wildman–Crippen MR) is 79.2 cm³/mol. The topological polar surface area (TPSA) is 15.3 Å². The predicted octanol–water partition coefficient (Wildman–Crippen LogP) is 3.17. The summed E-state index contributed by atoms with van der Waals surface area (Å²) in [5, 5.41) is 3.77. The van der Waals surface area contributed by atoms with E-state index < -0.39 is 0 Å². The number of likely N-dealkylation sites (tertiary alicyclic amines) is 1. The molecule has 0 spiro atoms. The van der Waals surface area contributed by atoms with Crippen LogP contribution in [-0.4, -0.2) is 36.1 Å². The first-order chi connectivity index (χ1) is 9.42. The Kier molecular flexibility index (Phi) is 3.57. The SMILES string of the molecule is C1CCC(C2CCCN2C2CCC2CNC2CC2)C1. The van der Waals surface area contributed by atoms with Crippen LogP contribution in [0.1, 0.15) is 64.2 Å². The highest BCUT2D eigenvalue weighted by molar-refractivity contribution is 4.98. The Morgan fingerprint density at radius 2 is 1.63 bits per heavy atom. The third-order valence-corrected chi connectivity index (χ3v) is 6.34. The first-order valence-corrected chi connectivity index (χ1v) is 8.91. The van der Waals surface area contributed by atoms with Crippen LogP contribution in [0.2, 0.25) is 0 Å². The van der Waals surface area contributed by atoms with E-state index in [1.54, 1.807) is 0 Å². The molecule has 1 heterocycles. The molecule has 3 unspecified atom stereocenters. The zero-order valence-corrected chi connectivity index (χ0v) is 12.3. The second kappa shape index (κ2) is 5.37. The Balaban J connectivity index is 1.34. The molecule has 4 aliphatic rings. The molecule has 3 saturated carbocycles. The van der Waals surface area contributed by atoms with Crippen molar-refractivity contribution in [2.75, 3.05) is 13.1 Å². The maximum absolute atomic E-state index is 3.77. The third kappa shape index (κ3) is 2.58. The van der Waals surface area contributed by atoms with Crippen LogP contribution in [0.5, 0.6) is 0 Å². The summed E-state index contributed by atoms with van der Waals surface area (Å²) in [6, 6.07) is 2.81. The molecule has 1 N–H and O–H groups in total. The number of hydrogen-bond acceptors (Lipinski definition) is 2. The Bertz CT molecular complexity index is 306. The van der Waals surface area contributed by atoms with Gasteiger partial charge >= 0.3 is 0 Å². The second-order valence-electron chi connectivity index (χ2n) is 7.58. The van der Waals surface area contributed by atoms with Gasteiger partial charge in [-0.05, 0) is 76.3 Å². The summed E-state index contributed by atoms with van der Waals surface area (Å²) in [6.07, 6.45) is 14.9. The maximum Gasteiger partial charge on any atom is 0.0139 e. The standard InChI is InChI=1S/C17H30N2/c1-2-5-13(4-1)16-6-3-11-19(16)17-10-7-14(17)12-18-15-8-9-15/h13-18H,1-12H2. The fourth-order valence-corrected chi connectivity index (χ4v) is 4.91. The summed E-state index contributed by atoms with van der Waals surface area (Å²) in [5.41, 5.74) is 0. The summed E-state index contributed by atoms with van der Waals surface area (Å²) in [7, 11) is 0. The highest BCUT2D eigenvalue weighted by Crippen LogP contribution is 2.42. The number of rotatable bonds is 5. The first kappa shape index (κ1) is 12.6. The molecule has 0 aromatic carbocycles. The third-order valence-electron chi connectivity index (χ3n) is 6.34. The molecule has 0 bridgehead atoms. The molecule has 2 nitrogen and oxygen atoms in total. The van der Waals surface area contributed by atoms with Crippen LogP contribution < -0.4 is 5.32 Å². The van der Waals surface area contributed by atoms with Crippen molar-refractivity contribution in [1.82, 2.24) is 10.2 Å². The van der Waals surface area contributed by atoms with Crippen LogP contribution in [0.3, 0.4) is 0 Å². The van der Waals surface area contributed by atoms with Gasteiger partial charge in [-0.1, -0.05) is 12.8 Å². The van der Waals surface area contributed by atoms with Gasteiger partial charge in [-0.15, -0.1) is 0 Å². The van der Waals surface area contributed by atoms with E-state index in [9.17, 15) is 0 Å². The summed E-state index contributed by atoms with van der Waals surface area (Å²) in [5.74, 6) is 2.03. The Hall–Kier alpha value is -0.0800. The lowest BCUT2D eigenvalue weighted by atomic mass is 9.77. The van der Waals surface area contributed by atoms with Crippen molar-refractivity contribution in [1.29, 1.82) is 0 Å². The number of hydrogen-bond donors (Lipinski definition) is 1. The molecule has 2 heteroatoms. The Morgan fingerprint density at radius 1 is 0.789 bits per heavy atom. The minimum atomic E-state index is 0.894. The molecular weight excluding hydrogens is 232 g/mol. The lowest BCUT2D eigenvalue weighted by molar-refractivity contribution is 0.0328. The lowest BCUT2D eigenvalue weighted by Gasteiger charge is -2.47. The van der Waals surface area contributed by atoms with Crippen molar-refractivity contribution in [3.05, 3.63) is 0 Å². The summed E-state index contributed by atoms with van der Waals surface area (Å²) >= 11 is 0. The first-order valence-electron chi connectivity index (χ1n) is 8.91. The van der Waals surface area contributed by atoms with E-state index in [2.05, 4.69) is 10.2 Å². The van der Waals surface area contributed by atoms with Gasteiger partial charge in [0.2, 0.25) is 0 Å². The molecule has 0 radical (unpaired) electrons. The fourth-order valence-electron chi connectivity index (χ4n) is 4.91. The normalized spacial score (nSPS) is 40.7. The zero-order valence-electron chi connectivity index (χ0n) is 12.3. The van der Waals surface area contributed by atoms with Crippen molar-refractivity contribution in [2.24, 2.45) is 11.8 Å². The largest absolute Gasteiger partial charge is 0.314 e. The van der Waals surface area contributed by atoms with Gasteiger partial charge in [0.25, 0.3) is 0 Å². The zero-order chi connectivity index (χ0) is 12.7. The van der Waals surface area contributed by atoms with Crippen LogP contribution >= 0.6 is 0 Å². The van der Waals surface area contributed by atoms with E-state index in [1.807, 2.05) is 0 Å². The molecule has 4 fully saturated rings. The molecule has 0 amide bonds. The molecular formula is C17H30N2. The summed E-state index contributed by atoms with van der Waals surface area (Å²) in [6.45, 7) is 2.72. The van der Waals surface area contributed by atoms with E-state index in [0.29, 0.717) is 0 Å². The molecule has 108 valence electrons. The van der Waals surface area contributed by atoms with E-state index >= 15 is 0 Å². The molecule has 0 aromatic heterocycles. The van der Waals surface area contributed by atoms with E-state index in [1.165, 1.54) is 77.3 Å². The quantitative estimate of drug-likeness (QED) is 0.818. The van der Waals surface area contributed by atoms with Crippen LogP contribution in [0.15, 0.2) is 0 Å². The van der Waals surface area contributed by atoms with Gasteiger partial charge in [0.15, 0.2) is 0 Å². The van der Waals surface area contributed by atoms with Gasteiger partial charge < -0.3 is 5.32 Å². The molecule has 3 aliphatic carbocycles. The average Bonchev–Trinajstić information content (AvgIpc) is 2.89. The van der Waals surface area contributed by atoms with Crippen molar-refractivity contribution < 1.29 is 0 Å². The van der Waals surface area contributed by atoms with Crippen LogP contribution in [0.4, 0.5) is 0 Å². The van der Waals surface area contributed by atoms with E-state index in [-0.39, 0.29) is 0 Å². The Morgan fingerprint density at radius 3 is 2.32 bits per heavy atom.